The molecule has 0 N–H and O–H groups in total. The van der Waals surface area contributed by atoms with Crippen molar-refractivity contribution in [2.75, 3.05) is 4.23 Å². The van der Waals surface area contributed by atoms with Gasteiger partial charge in [-0.2, -0.15) is 0 Å². The Kier molecular flexibility index (Phi) is 5.35. The van der Waals surface area contributed by atoms with Crippen LogP contribution < -0.4 is 9.42 Å². The molecule has 0 unspecified atom stereocenters. The Morgan fingerprint density at radius 1 is 0.955 bits per heavy atom. The van der Waals surface area contributed by atoms with Gasteiger partial charge in [0.25, 0.3) is 0 Å². The van der Waals surface area contributed by atoms with E-state index in [1.807, 2.05) is 0 Å². The number of allylic oxidation sites excluding steroid dienone is 2. The van der Waals surface area contributed by atoms with Crippen molar-refractivity contribution < 1.29 is 0 Å². The van der Waals surface area contributed by atoms with Crippen molar-refractivity contribution >= 4 is 36.1 Å². The van der Waals surface area contributed by atoms with Gasteiger partial charge in [-0.05, 0) is 36.3 Å². The molecule has 0 radical (unpaired) electrons. The van der Waals surface area contributed by atoms with Gasteiger partial charge in [0.1, 0.15) is 16.5 Å². The quantitative estimate of drug-likeness (QED) is 0.532. The molecule has 120 valence electrons. The molecule has 1 aliphatic rings. The molecule has 1 heterocycles. The highest BCUT2D eigenvalue weighted by molar-refractivity contribution is 7.04. The van der Waals surface area contributed by atoms with Gasteiger partial charge in [0, 0.05) is 5.69 Å². The van der Waals surface area contributed by atoms with E-state index in [1.165, 1.54) is 17.8 Å². The molecule has 0 atom stereocenters. The topological polar surface area (TPSA) is 3.24 Å². The lowest BCUT2D eigenvalue weighted by Gasteiger charge is -2.41. The molecular weight excluding hydrogens is 314 g/mol. The first kappa shape index (κ1) is 17.5. The zero-order valence-electron chi connectivity index (χ0n) is 14.7. The number of anilines is 1. The average Bonchev–Trinajstić information content (AvgIpc) is 2.68. The van der Waals surface area contributed by atoms with E-state index in [2.05, 4.69) is 80.0 Å². The molecule has 1 aliphatic heterocycles. The predicted molar refractivity (Wildman–Crippen MR) is 110 cm³/mol. The maximum Gasteiger partial charge on any atom is 0.141 e. The summed E-state index contributed by atoms with van der Waals surface area (Å²) in [5.41, 5.74) is 1.49. The van der Waals surface area contributed by atoms with Crippen molar-refractivity contribution in [2.45, 2.75) is 50.4 Å². The van der Waals surface area contributed by atoms with Gasteiger partial charge in [-0.3, -0.25) is 0 Å². The third-order valence-electron chi connectivity index (χ3n) is 5.08. The molecule has 1 aromatic carbocycles. The summed E-state index contributed by atoms with van der Waals surface area (Å²) in [5.74, 6) is 0. The fourth-order valence-corrected chi connectivity index (χ4v) is 20.6. The Morgan fingerprint density at radius 2 is 1.41 bits per heavy atom. The number of rotatable bonds is 6. The summed E-state index contributed by atoms with van der Waals surface area (Å²) in [6.45, 7) is 18.0. The summed E-state index contributed by atoms with van der Waals surface area (Å²) >= 11 is 0. The smallest absolute Gasteiger partial charge is 0.141 e. The fraction of sp³-hybridized carbons (Fsp3) is 0.444. The molecule has 0 spiro atoms. The van der Waals surface area contributed by atoms with Crippen LogP contribution in [0.15, 0.2) is 49.6 Å². The van der Waals surface area contributed by atoms with Gasteiger partial charge in [-0.25, -0.2) is 0 Å². The zero-order valence-corrected chi connectivity index (χ0v) is 17.9. The van der Waals surface area contributed by atoms with Crippen LogP contribution >= 0.6 is 0 Å². The third kappa shape index (κ3) is 3.55. The minimum absolute atomic E-state index is 0.944. The Bertz CT molecular complexity index is 508. The first-order valence-electron chi connectivity index (χ1n) is 8.44. The van der Waals surface area contributed by atoms with Crippen LogP contribution in [0.4, 0.5) is 5.69 Å². The number of nitrogens with zero attached hydrogens (tertiary/aromatic N) is 1. The van der Waals surface area contributed by atoms with Crippen LogP contribution in [0.1, 0.15) is 0 Å². The summed E-state index contributed by atoms with van der Waals surface area (Å²) in [6, 6.07) is 14.8. The van der Waals surface area contributed by atoms with Gasteiger partial charge in [0.2, 0.25) is 0 Å². The van der Waals surface area contributed by atoms with E-state index in [1.54, 1.807) is 5.19 Å². The first-order chi connectivity index (χ1) is 10.3. The molecule has 4 heteroatoms. The second-order valence-corrected chi connectivity index (χ2v) is 20.4. The lowest BCUT2D eigenvalue weighted by atomic mass is 10.3. The van der Waals surface area contributed by atoms with E-state index in [0.29, 0.717) is 0 Å². The second-order valence-electron chi connectivity index (χ2n) is 7.80. The average molecular weight is 346 g/mol. The van der Waals surface area contributed by atoms with E-state index >= 15 is 0 Å². The van der Waals surface area contributed by atoms with Crippen LogP contribution in [0, 0.1) is 0 Å². The van der Waals surface area contributed by atoms with Crippen LogP contribution in [-0.2, 0) is 0 Å². The molecule has 0 aromatic heterocycles. The van der Waals surface area contributed by atoms with Crippen molar-refractivity contribution in [3.05, 3.63) is 49.6 Å². The summed E-state index contributed by atoms with van der Waals surface area (Å²) in [5, 5.41) is 1.56. The van der Waals surface area contributed by atoms with Crippen molar-refractivity contribution in [1.82, 2.24) is 0 Å². The summed E-state index contributed by atoms with van der Waals surface area (Å²) in [6.07, 6.45) is 4.17. The van der Waals surface area contributed by atoms with E-state index in [-0.39, 0.29) is 0 Å². The Labute approximate surface area is 140 Å². The lowest BCUT2D eigenvalue weighted by molar-refractivity contribution is 1.35. The van der Waals surface area contributed by atoms with Crippen LogP contribution in [0.5, 0.6) is 0 Å². The molecule has 22 heavy (non-hydrogen) atoms. The van der Waals surface area contributed by atoms with E-state index in [0.717, 1.165) is 12.1 Å². The number of hydrogen-bond acceptors (Lipinski definition) is 1. The molecule has 2 rings (SSSR count). The molecule has 0 bridgehead atoms. The van der Waals surface area contributed by atoms with Crippen LogP contribution in [-0.4, -0.2) is 25.3 Å². The van der Waals surface area contributed by atoms with Crippen LogP contribution in [0.25, 0.3) is 0 Å². The normalized spacial score (nSPS) is 19.4. The minimum Gasteiger partial charge on any atom is -0.424 e. The van der Waals surface area contributed by atoms with Crippen molar-refractivity contribution in [1.29, 1.82) is 0 Å². The number of hydrogen-bond donors (Lipinski definition) is 0. The Balaban J connectivity index is 2.28. The van der Waals surface area contributed by atoms with Crippen molar-refractivity contribution in [3.63, 3.8) is 0 Å². The number of benzene rings is 1. The summed E-state index contributed by atoms with van der Waals surface area (Å²) in [7, 11) is -3.44. The molecule has 1 nitrogen and oxygen atoms in total. The Morgan fingerprint density at radius 3 is 1.82 bits per heavy atom. The van der Waals surface area contributed by atoms with Gasteiger partial charge in [-0.1, -0.05) is 55.7 Å². The molecular formula is C18H31NSi3. The SMILES string of the molecule is C=CC[SiH](CC=C)c1ccc(N2[Si](C)(C)CC[Si]2(C)C)cc1. The van der Waals surface area contributed by atoms with E-state index in [4.69, 9.17) is 0 Å². The van der Waals surface area contributed by atoms with Crippen LogP contribution in [0.2, 0.25) is 50.4 Å². The summed E-state index contributed by atoms with van der Waals surface area (Å²) < 4.78 is 2.89. The molecule has 0 aliphatic carbocycles. The van der Waals surface area contributed by atoms with Crippen LogP contribution in [0.3, 0.4) is 0 Å². The highest BCUT2D eigenvalue weighted by Crippen LogP contribution is 2.40. The molecule has 1 saturated heterocycles. The monoisotopic (exact) mass is 345 g/mol. The molecule has 0 amide bonds. The summed E-state index contributed by atoms with van der Waals surface area (Å²) in [4.78, 5) is 0. The van der Waals surface area contributed by atoms with Gasteiger partial charge in [0.05, 0.1) is 8.80 Å². The van der Waals surface area contributed by atoms with Gasteiger partial charge in [0.15, 0.2) is 0 Å². The zero-order chi connectivity index (χ0) is 16.4. The predicted octanol–water partition coefficient (Wildman–Crippen LogP) is 4.72. The van der Waals surface area contributed by atoms with Gasteiger partial charge < -0.3 is 4.23 Å². The maximum atomic E-state index is 3.93. The van der Waals surface area contributed by atoms with E-state index < -0.39 is 25.3 Å². The molecule has 1 aromatic rings. The fourth-order valence-electron chi connectivity index (χ4n) is 4.02. The third-order valence-corrected chi connectivity index (χ3v) is 18.2. The maximum absolute atomic E-state index is 3.93. The van der Waals surface area contributed by atoms with Gasteiger partial charge >= 0.3 is 0 Å². The first-order valence-corrected chi connectivity index (χ1v) is 17.0. The lowest BCUT2D eigenvalue weighted by Crippen LogP contribution is -2.55. The van der Waals surface area contributed by atoms with Crippen molar-refractivity contribution in [3.8, 4) is 0 Å². The highest BCUT2D eigenvalue weighted by Gasteiger charge is 2.47. The minimum atomic E-state index is -1.25. The second kappa shape index (κ2) is 6.72. The van der Waals surface area contributed by atoms with E-state index in [9.17, 15) is 0 Å². The Hall–Kier alpha value is -0.849. The highest BCUT2D eigenvalue weighted by atomic mass is 28.4. The molecule has 0 saturated carbocycles. The van der Waals surface area contributed by atoms with Gasteiger partial charge in [-0.15, -0.1) is 13.2 Å². The standard InChI is InChI=1S/C18H31NSi3/c1-7-13-20(14-8-2)18-11-9-17(10-12-18)19-21(3,4)15-16-22(19,5)6/h7-12,20H,1-2,13-16H2,3-6H3. The van der Waals surface area contributed by atoms with Crippen molar-refractivity contribution in [2.24, 2.45) is 0 Å². The molecule has 1 fully saturated rings. The largest absolute Gasteiger partial charge is 0.424 e.